The number of azide groups is 1. The molecule has 0 unspecified atom stereocenters. The number of hydrogen-bond donors (Lipinski definition) is 0. The second-order valence-corrected chi connectivity index (χ2v) is 2.39. The summed E-state index contributed by atoms with van der Waals surface area (Å²) in [7, 11) is 0. The van der Waals surface area contributed by atoms with E-state index in [9.17, 15) is 0 Å². The Kier molecular flexibility index (Phi) is 3.75. The van der Waals surface area contributed by atoms with Crippen molar-refractivity contribution in [2.75, 3.05) is 6.54 Å². The summed E-state index contributed by atoms with van der Waals surface area (Å²) < 4.78 is 0. The van der Waals surface area contributed by atoms with Crippen molar-refractivity contribution >= 4 is 0 Å². The van der Waals surface area contributed by atoms with Crippen molar-refractivity contribution in [3.8, 4) is 0 Å². The van der Waals surface area contributed by atoms with Crippen LogP contribution in [0.5, 0.6) is 0 Å². The molecule has 1 radical (unpaired) electrons. The Morgan fingerprint density at radius 2 is 2.08 bits per heavy atom. The minimum Gasteiger partial charge on any atom is -0.0937 e. The lowest BCUT2D eigenvalue weighted by Gasteiger charge is -1.96. The molecule has 61 valence electrons. The monoisotopic (exact) mass is 160 g/mol. The molecule has 12 heavy (non-hydrogen) atoms. The third-order valence-corrected chi connectivity index (χ3v) is 1.50. The van der Waals surface area contributed by atoms with Crippen LogP contribution in [0, 0.1) is 6.42 Å². The Balaban J connectivity index is 2.29. The van der Waals surface area contributed by atoms with Gasteiger partial charge >= 0.3 is 0 Å². The zero-order valence-corrected chi connectivity index (χ0v) is 6.72. The summed E-state index contributed by atoms with van der Waals surface area (Å²) in [6, 6.07) is 10.1. The van der Waals surface area contributed by atoms with Crippen molar-refractivity contribution in [1.82, 2.24) is 0 Å². The van der Waals surface area contributed by atoms with Gasteiger partial charge < -0.3 is 0 Å². The minimum absolute atomic E-state index is 0.464. The van der Waals surface area contributed by atoms with E-state index in [0.29, 0.717) is 6.54 Å². The molecular weight excluding hydrogens is 150 g/mol. The molecule has 0 saturated carbocycles. The second-order valence-electron chi connectivity index (χ2n) is 2.39. The first-order valence-corrected chi connectivity index (χ1v) is 3.80. The highest BCUT2D eigenvalue weighted by Gasteiger charge is 1.89. The van der Waals surface area contributed by atoms with Gasteiger partial charge in [-0.05, 0) is 23.9 Å². The molecule has 0 heterocycles. The largest absolute Gasteiger partial charge is 0.0937 e. The fourth-order valence-corrected chi connectivity index (χ4v) is 0.940. The van der Waals surface area contributed by atoms with E-state index in [-0.39, 0.29) is 0 Å². The average Bonchev–Trinajstić information content (AvgIpc) is 2.14. The molecule has 1 aromatic carbocycles. The smallest absolute Gasteiger partial charge is 0.0292 e. The zero-order valence-electron chi connectivity index (χ0n) is 6.72. The SMILES string of the molecule is [N-]=[N+]=NC[CH]Cc1ccccc1. The molecule has 0 aliphatic rings. The van der Waals surface area contributed by atoms with Crippen molar-refractivity contribution in [2.45, 2.75) is 6.42 Å². The lowest BCUT2D eigenvalue weighted by Crippen LogP contribution is -1.87. The normalized spacial score (nSPS) is 9.00. The summed E-state index contributed by atoms with van der Waals surface area (Å²) in [5, 5.41) is 3.41. The van der Waals surface area contributed by atoms with Gasteiger partial charge in [0.2, 0.25) is 0 Å². The highest BCUT2D eigenvalue weighted by molar-refractivity contribution is 5.16. The molecule has 3 heteroatoms. The van der Waals surface area contributed by atoms with E-state index in [1.165, 1.54) is 5.56 Å². The summed E-state index contributed by atoms with van der Waals surface area (Å²) in [4.78, 5) is 2.66. The lowest BCUT2D eigenvalue weighted by atomic mass is 10.1. The van der Waals surface area contributed by atoms with E-state index < -0.39 is 0 Å². The van der Waals surface area contributed by atoms with E-state index >= 15 is 0 Å². The molecule has 0 aromatic heterocycles. The Labute approximate surface area is 71.7 Å². The topological polar surface area (TPSA) is 48.8 Å². The van der Waals surface area contributed by atoms with Crippen LogP contribution in [0.1, 0.15) is 5.56 Å². The molecule has 1 rings (SSSR count). The Hall–Kier alpha value is -1.47. The molecule has 0 N–H and O–H groups in total. The lowest BCUT2D eigenvalue weighted by molar-refractivity contribution is 1.02. The van der Waals surface area contributed by atoms with Gasteiger partial charge in [0.25, 0.3) is 0 Å². The summed E-state index contributed by atoms with van der Waals surface area (Å²) in [5.74, 6) is 0. The molecule has 0 aliphatic carbocycles. The van der Waals surface area contributed by atoms with Crippen LogP contribution in [-0.4, -0.2) is 6.54 Å². The van der Waals surface area contributed by atoms with E-state index in [1.54, 1.807) is 0 Å². The van der Waals surface area contributed by atoms with Crippen molar-refractivity contribution in [3.05, 3.63) is 52.8 Å². The summed E-state index contributed by atoms with van der Waals surface area (Å²) in [6.07, 6.45) is 2.81. The van der Waals surface area contributed by atoms with Crippen LogP contribution in [0.2, 0.25) is 0 Å². The van der Waals surface area contributed by atoms with Crippen LogP contribution >= 0.6 is 0 Å². The van der Waals surface area contributed by atoms with Crippen LogP contribution in [0.3, 0.4) is 0 Å². The van der Waals surface area contributed by atoms with Gasteiger partial charge in [-0.1, -0.05) is 35.4 Å². The molecule has 0 atom stereocenters. The van der Waals surface area contributed by atoms with Gasteiger partial charge in [0.1, 0.15) is 0 Å². The van der Waals surface area contributed by atoms with Gasteiger partial charge in [0.05, 0.1) is 0 Å². The quantitative estimate of drug-likeness (QED) is 0.281. The minimum atomic E-state index is 0.464. The molecule has 0 aliphatic heterocycles. The zero-order chi connectivity index (χ0) is 8.65. The third-order valence-electron chi connectivity index (χ3n) is 1.50. The molecule has 0 amide bonds. The highest BCUT2D eigenvalue weighted by Crippen LogP contribution is 2.01. The maximum atomic E-state index is 8.00. The van der Waals surface area contributed by atoms with E-state index in [2.05, 4.69) is 10.0 Å². The molecular formula is C9H10N3. The van der Waals surface area contributed by atoms with Gasteiger partial charge in [-0.25, -0.2) is 0 Å². The van der Waals surface area contributed by atoms with E-state index in [1.807, 2.05) is 36.8 Å². The number of rotatable bonds is 4. The molecule has 0 spiro atoms. The standard InChI is InChI=1S/C9H10N3/c10-12-11-8-4-7-9-5-2-1-3-6-9/h1-6H,7-8H2. The summed E-state index contributed by atoms with van der Waals surface area (Å²) in [5.41, 5.74) is 9.24. The van der Waals surface area contributed by atoms with Crippen molar-refractivity contribution in [2.24, 2.45) is 5.11 Å². The average molecular weight is 160 g/mol. The maximum Gasteiger partial charge on any atom is 0.0292 e. The van der Waals surface area contributed by atoms with Gasteiger partial charge in [0.15, 0.2) is 0 Å². The highest BCUT2D eigenvalue weighted by atomic mass is 15.1. The Bertz CT molecular complexity index is 262. The molecule has 0 bridgehead atoms. The summed E-state index contributed by atoms with van der Waals surface area (Å²) in [6.45, 7) is 0.464. The van der Waals surface area contributed by atoms with Crippen LogP contribution in [-0.2, 0) is 6.42 Å². The number of hydrogen-bond acceptors (Lipinski definition) is 1. The van der Waals surface area contributed by atoms with Crippen LogP contribution in [0.15, 0.2) is 35.4 Å². The predicted octanol–water partition coefficient (Wildman–Crippen LogP) is 2.74. The van der Waals surface area contributed by atoms with Gasteiger partial charge in [-0.15, -0.1) is 0 Å². The van der Waals surface area contributed by atoms with Crippen LogP contribution < -0.4 is 0 Å². The predicted molar refractivity (Wildman–Crippen MR) is 48.5 cm³/mol. The van der Waals surface area contributed by atoms with Gasteiger partial charge in [0, 0.05) is 11.5 Å². The number of nitrogens with zero attached hydrogens (tertiary/aromatic N) is 3. The first kappa shape index (κ1) is 8.62. The molecule has 3 nitrogen and oxygen atoms in total. The van der Waals surface area contributed by atoms with Gasteiger partial charge in [-0.2, -0.15) is 0 Å². The number of benzene rings is 1. The van der Waals surface area contributed by atoms with Crippen molar-refractivity contribution in [1.29, 1.82) is 0 Å². The van der Waals surface area contributed by atoms with Crippen molar-refractivity contribution < 1.29 is 0 Å². The maximum absolute atomic E-state index is 8.00. The third kappa shape index (κ3) is 3.08. The Morgan fingerprint density at radius 1 is 1.33 bits per heavy atom. The molecule has 0 fully saturated rings. The second kappa shape index (κ2) is 5.22. The van der Waals surface area contributed by atoms with Crippen LogP contribution in [0.25, 0.3) is 10.4 Å². The fourth-order valence-electron chi connectivity index (χ4n) is 0.940. The van der Waals surface area contributed by atoms with E-state index in [0.717, 1.165) is 6.42 Å². The molecule has 1 aromatic rings. The summed E-state index contributed by atoms with van der Waals surface area (Å²) >= 11 is 0. The van der Waals surface area contributed by atoms with E-state index in [4.69, 9.17) is 5.53 Å². The van der Waals surface area contributed by atoms with Gasteiger partial charge in [-0.3, -0.25) is 0 Å². The fraction of sp³-hybridized carbons (Fsp3) is 0.222. The molecule has 0 saturated heterocycles. The van der Waals surface area contributed by atoms with Crippen LogP contribution in [0.4, 0.5) is 0 Å². The Morgan fingerprint density at radius 3 is 2.75 bits per heavy atom. The first-order valence-electron chi connectivity index (χ1n) is 3.80. The first-order chi connectivity index (χ1) is 5.93. The van der Waals surface area contributed by atoms with Crippen molar-refractivity contribution in [3.63, 3.8) is 0 Å².